The summed E-state index contributed by atoms with van der Waals surface area (Å²) >= 11 is 0. The average molecular weight is 545 g/mol. The third-order valence-corrected chi connectivity index (χ3v) is 6.49. The summed E-state index contributed by atoms with van der Waals surface area (Å²) in [6.45, 7) is 1.34. The van der Waals surface area contributed by atoms with Gasteiger partial charge in [-0.05, 0) is 25.1 Å². The first kappa shape index (κ1) is 26.5. The summed E-state index contributed by atoms with van der Waals surface area (Å²) in [6.07, 6.45) is 4.22. The number of aromatic nitrogens is 6. The van der Waals surface area contributed by atoms with Crippen LogP contribution in [0, 0.1) is 12.7 Å². The Hall–Kier alpha value is -4.53. The van der Waals surface area contributed by atoms with E-state index in [1.807, 2.05) is 6.92 Å². The van der Waals surface area contributed by atoms with E-state index in [9.17, 15) is 13.2 Å². The van der Waals surface area contributed by atoms with E-state index < -0.39 is 28.2 Å². The lowest BCUT2D eigenvalue weighted by molar-refractivity contribution is -0.138. The van der Waals surface area contributed by atoms with Gasteiger partial charge in [-0.25, -0.2) is 17.8 Å². The van der Waals surface area contributed by atoms with Gasteiger partial charge in [0.25, 0.3) is 0 Å². The van der Waals surface area contributed by atoms with Gasteiger partial charge >= 0.3 is 5.97 Å². The third-order valence-electron chi connectivity index (χ3n) is 5.38. The number of methoxy groups -OCH3 is 2. The molecule has 0 aliphatic carbocycles. The largest absolute Gasteiger partial charge is 0.491 e. The molecule has 0 fully saturated rings. The molecule has 0 amide bonds. The first-order valence-electron chi connectivity index (χ1n) is 11.1. The number of aromatic amines is 1. The molecule has 0 bridgehead atoms. The maximum absolute atomic E-state index is 15.3. The van der Waals surface area contributed by atoms with Gasteiger partial charge in [0.2, 0.25) is 5.95 Å². The van der Waals surface area contributed by atoms with Crippen molar-refractivity contribution in [3.05, 3.63) is 48.2 Å². The molecule has 3 aromatic heterocycles. The van der Waals surface area contributed by atoms with Gasteiger partial charge in [0.05, 0.1) is 31.0 Å². The monoisotopic (exact) mass is 544 g/mol. The minimum Gasteiger partial charge on any atom is -0.491 e. The molecule has 0 atom stereocenters. The molecule has 200 valence electrons. The Balaban J connectivity index is 1.94. The Bertz CT molecular complexity index is 1600. The molecule has 0 saturated carbocycles. The van der Waals surface area contributed by atoms with Crippen molar-refractivity contribution in [2.75, 3.05) is 37.2 Å². The number of aryl methyl sites for hydroxylation is 2. The van der Waals surface area contributed by atoms with E-state index in [0.29, 0.717) is 17.1 Å². The lowest BCUT2D eigenvalue weighted by Gasteiger charge is -2.24. The highest BCUT2D eigenvalue weighted by Crippen LogP contribution is 2.38. The number of benzene rings is 1. The predicted molar refractivity (Wildman–Crippen MR) is 136 cm³/mol. The topological polar surface area (TPSA) is 157 Å². The Morgan fingerprint density at radius 1 is 1.24 bits per heavy atom. The number of ether oxygens (including phenoxy) is 2. The van der Waals surface area contributed by atoms with Gasteiger partial charge in [-0.15, -0.1) is 0 Å². The van der Waals surface area contributed by atoms with Crippen molar-refractivity contribution < 1.29 is 27.1 Å². The molecule has 4 aromatic rings. The number of esters is 1. The highest BCUT2D eigenvalue weighted by atomic mass is 32.2. The van der Waals surface area contributed by atoms with Crippen molar-refractivity contribution in [2.24, 2.45) is 7.05 Å². The first-order chi connectivity index (χ1) is 18.0. The van der Waals surface area contributed by atoms with Gasteiger partial charge in [0, 0.05) is 36.8 Å². The maximum atomic E-state index is 15.3. The molecule has 0 aliphatic heterocycles. The second kappa shape index (κ2) is 10.5. The minimum atomic E-state index is -3.68. The summed E-state index contributed by atoms with van der Waals surface area (Å²) in [7, 11) is 0.679. The highest BCUT2D eigenvalue weighted by Gasteiger charge is 2.26. The van der Waals surface area contributed by atoms with Gasteiger partial charge in [-0.1, -0.05) is 0 Å². The first-order valence-corrected chi connectivity index (χ1v) is 13.0. The number of H-pyrrole nitrogens is 1. The van der Waals surface area contributed by atoms with Crippen LogP contribution in [0.2, 0.25) is 0 Å². The van der Waals surface area contributed by atoms with Crippen LogP contribution in [0.25, 0.3) is 11.3 Å². The van der Waals surface area contributed by atoms with Crippen molar-refractivity contribution in [1.29, 1.82) is 0 Å². The number of carbonyl (C=O) groups is 1. The van der Waals surface area contributed by atoms with E-state index in [0.717, 1.165) is 18.0 Å². The van der Waals surface area contributed by atoms with Gasteiger partial charge in [-0.2, -0.15) is 15.2 Å². The van der Waals surface area contributed by atoms with Gasteiger partial charge < -0.3 is 14.8 Å². The molecule has 0 aliphatic rings. The number of anilines is 4. The zero-order chi connectivity index (χ0) is 27.6. The van der Waals surface area contributed by atoms with Crippen LogP contribution in [0.1, 0.15) is 5.69 Å². The van der Waals surface area contributed by atoms with E-state index in [1.165, 1.54) is 31.3 Å². The molecule has 0 spiro atoms. The van der Waals surface area contributed by atoms with E-state index in [2.05, 4.69) is 30.6 Å². The molecule has 13 nitrogen and oxygen atoms in total. The highest BCUT2D eigenvalue weighted by molar-refractivity contribution is 7.90. The lowest BCUT2D eigenvalue weighted by Crippen LogP contribution is -2.29. The summed E-state index contributed by atoms with van der Waals surface area (Å²) in [5.74, 6) is -0.881. The molecule has 1 aromatic carbocycles. The number of halogens is 1. The Morgan fingerprint density at radius 2 is 2.00 bits per heavy atom. The van der Waals surface area contributed by atoms with Crippen LogP contribution in [0.3, 0.4) is 0 Å². The molecule has 2 N–H and O–H groups in total. The fourth-order valence-electron chi connectivity index (χ4n) is 3.57. The molecular formula is C23H25FN8O5S. The second-order valence-corrected chi connectivity index (χ2v) is 10.3. The molecule has 0 unspecified atom stereocenters. The quantitative estimate of drug-likeness (QED) is 0.298. The van der Waals surface area contributed by atoms with Crippen molar-refractivity contribution in [3.8, 4) is 17.0 Å². The number of carbonyl (C=O) groups excluding carboxylic acids is 1. The number of sulfone groups is 1. The Labute approximate surface area is 217 Å². The van der Waals surface area contributed by atoms with Crippen molar-refractivity contribution in [1.82, 2.24) is 29.9 Å². The van der Waals surface area contributed by atoms with Crippen LogP contribution >= 0.6 is 0 Å². The Kier molecular flexibility index (Phi) is 7.30. The SMILES string of the molecule is COC(=O)CN(c1nc(Nc2cc(C)[nH]n2)c(OC)c(-c2cnn(C)c2)n1)c1ccc(S(C)(=O)=O)cc1F. The number of nitrogens with one attached hydrogen (secondary N) is 2. The van der Waals surface area contributed by atoms with Crippen LogP contribution in [-0.4, -0.2) is 71.4 Å². The fourth-order valence-corrected chi connectivity index (χ4v) is 4.21. The fraction of sp³-hybridized carbons (Fsp3) is 0.261. The van der Waals surface area contributed by atoms with E-state index in [-0.39, 0.29) is 28.1 Å². The third kappa shape index (κ3) is 5.56. The van der Waals surface area contributed by atoms with Crippen molar-refractivity contribution in [3.63, 3.8) is 0 Å². The minimum absolute atomic E-state index is 0.101. The van der Waals surface area contributed by atoms with Gasteiger partial charge in [-0.3, -0.25) is 19.5 Å². The summed E-state index contributed by atoms with van der Waals surface area (Å²) in [4.78, 5) is 22.4. The van der Waals surface area contributed by atoms with Crippen LogP contribution in [0.5, 0.6) is 5.75 Å². The molecule has 4 rings (SSSR count). The molecule has 3 heterocycles. The second-order valence-electron chi connectivity index (χ2n) is 8.27. The molecule has 15 heteroatoms. The maximum Gasteiger partial charge on any atom is 0.325 e. The van der Waals surface area contributed by atoms with E-state index in [1.54, 1.807) is 30.2 Å². The van der Waals surface area contributed by atoms with Gasteiger partial charge in [0.1, 0.15) is 18.1 Å². The van der Waals surface area contributed by atoms with Gasteiger partial charge in [0.15, 0.2) is 27.2 Å². The van der Waals surface area contributed by atoms with Crippen LogP contribution in [-0.2, 0) is 26.4 Å². The van der Waals surface area contributed by atoms with Crippen LogP contribution < -0.4 is 15.0 Å². The number of rotatable bonds is 9. The van der Waals surface area contributed by atoms with Crippen LogP contribution in [0.15, 0.2) is 41.6 Å². The van der Waals surface area contributed by atoms with E-state index >= 15 is 4.39 Å². The summed E-state index contributed by atoms with van der Waals surface area (Å²) < 4.78 is 51.2. The molecule has 0 saturated heterocycles. The van der Waals surface area contributed by atoms with Crippen molar-refractivity contribution >= 4 is 39.1 Å². The molecule has 0 radical (unpaired) electrons. The average Bonchev–Trinajstić information content (AvgIpc) is 3.49. The number of nitrogens with zero attached hydrogens (tertiary/aromatic N) is 6. The smallest absolute Gasteiger partial charge is 0.325 e. The summed E-state index contributed by atoms with van der Waals surface area (Å²) in [6, 6.07) is 5.07. The lowest BCUT2D eigenvalue weighted by atomic mass is 10.2. The zero-order valence-corrected chi connectivity index (χ0v) is 22.0. The van der Waals surface area contributed by atoms with Crippen LogP contribution in [0.4, 0.5) is 27.7 Å². The summed E-state index contributed by atoms with van der Waals surface area (Å²) in [5, 5.41) is 14.2. The Morgan fingerprint density at radius 3 is 2.55 bits per heavy atom. The number of hydrogen-bond donors (Lipinski definition) is 2. The van der Waals surface area contributed by atoms with Crippen molar-refractivity contribution in [2.45, 2.75) is 11.8 Å². The number of hydrogen-bond acceptors (Lipinski definition) is 11. The van der Waals surface area contributed by atoms with E-state index in [4.69, 9.17) is 9.47 Å². The standard InChI is InChI=1S/C23H25FN8O5S/c1-13-8-18(30-29-13)26-22-21(37-4)20(14-10-25-31(2)11-14)27-23(28-22)32(12-19(33)36-3)17-7-6-15(9-16(17)24)38(5,34)35/h6-11H,12H2,1-5H3,(H2,26,27,28,29,30). The molecule has 38 heavy (non-hydrogen) atoms. The normalized spacial score (nSPS) is 11.3. The molecular weight excluding hydrogens is 519 g/mol. The summed E-state index contributed by atoms with van der Waals surface area (Å²) in [5.41, 5.74) is 1.49. The zero-order valence-electron chi connectivity index (χ0n) is 21.2. The predicted octanol–water partition coefficient (Wildman–Crippen LogP) is 2.51.